The van der Waals surface area contributed by atoms with E-state index in [0.29, 0.717) is 23.1 Å². The largest absolute Gasteiger partial charge is 0.338 e. The number of carbonyl (C=O) groups is 1. The number of rotatable bonds is 4. The zero-order chi connectivity index (χ0) is 19.6. The number of benzene rings is 2. The average molecular weight is 387 g/mol. The summed E-state index contributed by atoms with van der Waals surface area (Å²) >= 11 is 0. The van der Waals surface area contributed by atoms with Gasteiger partial charge in [0, 0.05) is 24.3 Å². The smallest absolute Gasteiger partial charge is 0.261 e. The summed E-state index contributed by atoms with van der Waals surface area (Å²) in [6.45, 7) is 7.75. The molecule has 27 heavy (non-hydrogen) atoms. The zero-order valence-corrected chi connectivity index (χ0v) is 16.8. The van der Waals surface area contributed by atoms with Crippen molar-refractivity contribution < 1.29 is 13.2 Å². The molecule has 2 aromatic rings. The lowest BCUT2D eigenvalue weighted by Gasteiger charge is -2.35. The van der Waals surface area contributed by atoms with E-state index >= 15 is 0 Å². The lowest BCUT2D eigenvalue weighted by atomic mass is 9.91. The van der Waals surface area contributed by atoms with Gasteiger partial charge in [-0.3, -0.25) is 9.52 Å². The third kappa shape index (κ3) is 4.69. The molecule has 6 heteroatoms. The molecular formula is C21H26N2O3S. The van der Waals surface area contributed by atoms with Gasteiger partial charge in [-0.1, -0.05) is 31.5 Å². The first-order valence-corrected chi connectivity index (χ1v) is 10.7. The number of sulfonamides is 1. The van der Waals surface area contributed by atoms with Crippen molar-refractivity contribution in [3.63, 3.8) is 0 Å². The number of nitrogens with zero attached hydrogens (tertiary/aromatic N) is 1. The number of hydrogen-bond acceptors (Lipinski definition) is 3. The van der Waals surface area contributed by atoms with E-state index in [1.807, 2.05) is 24.0 Å². The van der Waals surface area contributed by atoms with Gasteiger partial charge in [0.15, 0.2) is 0 Å². The Balaban J connectivity index is 1.74. The predicted molar refractivity (Wildman–Crippen MR) is 107 cm³/mol. The van der Waals surface area contributed by atoms with Crippen LogP contribution in [-0.4, -0.2) is 32.3 Å². The van der Waals surface area contributed by atoms with E-state index in [1.54, 1.807) is 24.3 Å². The number of amides is 1. The van der Waals surface area contributed by atoms with Crippen LogP contribution in [0.3, 0.4) is 0 Å². The highest BCUT2D eigenvalue weighted by atomic mass is 32.2. The summed E-state index contributed by atoms with van der Waals surface area (Å²) in [7, 11) is -3.69. The Bertz CT molecular complexity index is 895. The van der Waals surface area contributed by atoms with Gasteiger partial charge in [0.05, 0.1) is 4.90 Å². The van der Waals surface area contributed by atoms with Crippen molar-refractivity contribution >= 4 is 21.6 Å². The van der Waals surface area contributed by atoms with Gasteiger partial charge in [0.1, 0.15) is 0 Å². The average Bonchev–Trinajstić information content (AvgIpc) is 2.62. The highest BCUT2D eigenvalue weighted by Gasteiger charge is 2.26. The number of hydrogen-bond donors (Lipinski definition) is 1. The van der Waals surface area contributed by atoms with Gasteiger partial charge in [0.2, 0.25) is 0 Å². The number of carbonyl (C=O) groups excluding carboxylic acids is 1. The minimum atomic E-state index is -3.69. The van der Waals surface area contributed by atoms with E-state index in [2.05, 4.69) is 18.6 Å². The van der Waals surface area contributed by atoms with Crippen molar-refractivity contribution in [2.24, 2.45) is 11.8 Å². The summed E-state index contributed by atoms with van der Waals surface area (Å²) in [6, 6.07) is 13.3. The van der Waals surface area contributed by atoms with Crippen LogP contribution >= 0.6 is 0 Å². The van der Waals surface area contributed by atoms with Gasteiger partial charge < -0.3 is 4.90 Å². The molecule has 0 saturated carbocycles. The van der Waals surface area contributed by atoms with E-state index in [1.165, 1.54) is 12.1 Å². The molecule has 0 bridgehead atoms. The maximum absolute atomic E-state index is 12.7. The summed E-state index contributed by atoms with van der Waals surface area (Å²) in [6.07, 6.45) is 1.13. The van der Waals surface area contributed by atoms with Crippen LogP contribution in [0.2, 0.25) is 0 Å². The first-order valence-electron chi connectivity index (χ1n) is 9.23. The van der Waals surface area contributed by atoms with Crippen molar-refractivity contribution in [1.29, 1.82) is 0 Å². The normalized spacial score (nSPS) is 20.3. The Morgan fingerprint density at radius 3 is 2.07 bits per heavy atom. The van der Waals surface area contributed by atoms with Crippen molar-refractivity contribution in [1.82, 2.24) is 4.90 Å². The third-order valence-electron chi connectivity index (χ3n) is 4.87. The first-order chi connectivity index (χ1) is 12.7. The van der Waals surface area contributed by atoms with Crippen LogP contribution in [0, 0.1) is 18.8 Å². The lowest BCUT2D eigenvalue weighted by Crippen LogP contribution is -2.42. The summed E-state index contributed by atoms with van der Waals surface area (Å²) in [5.74, 6) is 0.927. The van der Waals surface area contributed by atoms with E-state index in [0.717, 1.165) is 25.1 Å². The van der Waals surface area contributed by atoms with Crippen LogP contribution in [0.1, 0.15) is 36.2 Å². The standard InChI is InChI=1S/C21H26N2O3S/c1-15-4-8-19(9-5-15)22-27(25,26)20-10-6-18(7-11-20)21(24)23-13-16(2)12-17(3)14-23/h4-11,16-17,22H,12-14H2,1-3H3/t16-,17+. The lowest BCUT2D eigenvalue weighted by molar-refractivity contribution is 0.0623. The highest BCUT2D eigenvalue weighted by Crippen LogP contribution is 2.23. The summed E-state index contributed by atoms with van der Waals surface area (Å²) in [4.78, 5) is 14.7. The third-order valence-corrected chi connectivity index (χ3v) is 6.27. The van der Waals surface area contributed by atoms with Crippen molar-refractivity contribution in [3.8, 4) is 0 Å². The molecule has 0 spiro atoms. The van der Waals surface area contributed by atoms with E-state index in [-0.39, 0.29) is 10.8 Å². The van der Waals surface area contributed by atoms with Crippen molar-refractivity contribution in [2.75, 3.05) is 17.8 Å². The van der Waals surface area contributed by atoms with Gasteiger partial charge in [-0.2, -0.15) is 0 Å². The van der Waals surface area contributed by atoms with Gasteiger partial charge in [-0.15, -0.1) is 0 Å². The first kappa shape index (κ1) is 19.4. The molecular weight excluding hydrogens is 360 g/mol. The molecule has 0 radical (unpaired) electrons. The highest BCUT2D eigenvalue weighted by molar-refractivity contribution is 7.92. The molecule has 1 aliphatic heterocycles. The topological polar surface area (TPSA) is 66.5 Å². The molecule has 1 fully saturated rings. The maximum atomic E-state index is 12.7. The fraction of sp³-hybridized carbons (Fsp3) is 0.381. The monoisotopic (exact) mass is 386 g/mol. The summed E-state index contributed by atoms with van der Waals surface area (Å²) < 4.78 is 27.7. The van der Waals surface area contributed by atoms with Crippen LogP contribution in [-0.2, 0) is 10.0 Å². The minimum absolute atomic E-state index is 0.0381. The minimum Gasteiger partial charge on any atom is -0.338 e. The Labute approximate surface area is 161 Å². The Morgan fingerprint density at radius 2 is 1.52 bits per heavy atom. The van der Waals surface area contributed by atoms with Crippen molar-refractivity contribution in [2.45, 2.75) is 32.1 Å². The number of anilines is 1. The summed E-state index contributed by atoms with van der Waals surface area (Å²) in [5.41, 5.74) is 2.09. The second kappa shape index (κ2) is 7.72. The number of piperidine rings is 1. The van der Waals surface area contributed by atoms with Gasteiger partial charge >= 0.3 is 0 Å². The van der Waals surface area contributed by atoms with Crippen LogP contribution < -0.4 is 4.72 Å². The Morgan fingerprint density at radius 1 is 0.963 bits per heavy atom. The van der Waals surface area contributed by atoms with E-state index < -0.39 is 10.0 Å². The molecule has 1 amide bonds. The molecule has 1 heterocycles. The molecule has 0 aliphatic carbocycles. The maximum Gasteiger partial charge on any atom is 0.261 e. The van der Waals surface area contributed by atoms with Crippen LogP contribution in [0.4, 0.5) is 5.69 Å². The molecule has 144 valence electrons. The van der Waals surface area contributed by atoms with Crippen LogP contribution in [0.15, 0.2) is 53.4 Å². The second-order valence-corrected chi connectivity index (χ2v) is 9.33. The molecule has 1 saturated heterocycles. The number of likely N-dealkylation sites (tertiary alicyclic amines) is 1. The number of nitrogens with one attached hydrogen (secondary N) is 1. The molecule has 2 aromatic carbocycles. The summed E-state index contributed by atoms with van der Waals surface area (Å²) in [5, 5.41) is 0. The SMILES string of the molecule is Cc1ccc(NS(=O)(=O)c2ccc(C(=O)N3C[C@H](C)C[C@H](C)C3)cc2)cc1. The Hall–Kier alpha value is -2.34. The van der Waals surface area contributed by atoms with Crippen LogP contribution in [0.25, 0.3) is 0 Å². The van der Waals surface area contributed by atoms with Gasteiger partial charge in [-0.05, 0) is 61.6 Å². The molecule has 0 aromatic heterocycles. The van der Waals surface area contributed by atoms with Crippen LogP contribution in [0.5, 0.6) is 0 Å². The molecule has 1 aliphatic rings. The van der Waals surface area contributed by atoms with E-state index in [9.17, 15) is 13.2 Å². The molecule has 0 unspecified atom stereocenters. The molecule has 2 atom stereocenters. The van der Waals surface area contributed by atoms with Gasteiger partial charge in [-0.25, -0.2) is 8.42 Å². The number of aryl methyl sites for hydroxylation is 1. The molecule has 5 nitrogen and oxygen atoms in total. The fourth-order valence-corrected chi connectivity index (χ4v) is 4.68. The fourth-order valence-electron chi connectivity index (χ4n) is 3.62. The quantitative estimate of drug-likeness (QED) is 0.866. The zero-order valence-electron chi connectivity index (χ0n) is 16.0. The van der Waals surface area contributed by atoms with Crippen molar-refractivity contribution in [3.05, 3.63) is 59.7 Å². The molecule has 3 rings (SSSR count). The Kier molecular flexibility index (Phi) is 5.56. The van der Waals surface area contributed by atoms with Gasteiger partial charge in [0.25, 0.3) is 15.9 Å². The van der Waals surface area contributed by atoms with E-state index in [4.69, 9.17) is 0 Å². The molecule has 1 N–H and O–H groups in total. The second-order valence-electron chi connectivity index (χ2n) is 7.65. The predicted octanol–water partition coefficient (Wildman–Crippen LogP) is 3.91.